The van der Waals surface area contributed by atoms with Crippen LogP contribution in [0.2, 0.25) is 0 Å². The van der Waals surface area contributed by atoms with Crippen molar-refractivity contribution >= 4 is 49.1 Å². The molecule has 2 aromatic heterocycles. The van der Waals surface area contributed by atoms with Crippen molar-refractivity contribution < 1.29 is 27.9 Å². The number of aromatic nitrogens is 2. The van der Waals surface area contributed by atoms with Gasteiger partial charge in [-0.1, -0.05) is 11.3 Å². The molecule has 1 saturated heterocycles. The summed E-state index contributed by atoms with van der Waals surface area (Å²) in [5.41, 5.74) is 6.12. The van der Waals surface area contributed by atoms with Crippen molar-refractivity contribution in [2.45, 2.75) is 29.1 Å². The molecule has 0 spiro atoms. The largest absolute Gasteiger partial charge is 0.480 e. The van der Waals surface area contributed by atoms with Gasteiger partial charge in [0.05, 0.1) is 6.20 Å². The summed E-state index contributed by atoms with van der Waals surface area (Å²) < 4.78 is 33.6. The van der Waals surface area contributed by atoms with Crippen molar-refractivity contribution in [2.75, 3.05) is 32.3 Å². The molecule has 4 N–H and O–H groups in total. The first kappa shape index (κ1) is 25.8. The van der Waals surface area contributed by atoms with Crippen molar-refractivity contribution in [3.8, 4) is 5.75 Å². The van der Waals surface area contributed by atoms with Gasteiger partial charge in [-0.05, 0) is 35.6 Å². The Hall–Kier alpha value is -3.33. The van der Waals surface area contributed by atoms with Crippen molar-refractivity contribution in [1.29, 1.82) is 0 Å². The lowest BCUT2D eigenvalue weighted by Gasteiger charge is -2.25. The van der Waals surface area contributed by atoms with Crippen LogP contribution in [0.25, 0.3) is 10.8 Å². The van der Waals surface area contributed by atoms with Gasteiger partial charge in [-0.15, -0.1) is 0 Å². The second-order valence-corrected chi connectivity index (χ2v) is 11.4. The van der Waals surface area contributed by atoms with E-state index in [2.05, 4.69) is 14.7 Å². The summed E-state index contributed by atoms with van der Waals surface area (Å²) in [7, 11) is -0.532. The van der Waals surface area contributed by atoms with E-state index >= 15 is 0 Å². The number of carbonyl (C=O) groups is 2. The highest BCUT2D eigenvalue weighted by Gasteiger charge is 2.41. The predicted octanol–water partition coefficient (Wildman–Crippen LogP) is 0.627. The molecule has 192 valence electrons. The number of fused-ring (bicyclic) bond motifs is 1. The molecule has 12 nitrogen and oxygen atoms in total. The smallest absolute Gasteiger partial charge is 0.326 e. The first-order valence-electron chi connectivity index (χ1n) is 11.0. The lowest BCUT2D eigenvalue weighted by Crippen LogP contribution is -2.48. The molecule has 1 aliphatic rings. The maximum absolute atomic E-state index is 13.1. The van der Waals surface area contributed by atoms with Gasteiger partial charge in [-0.3, -0.25) is 15.5 Å². The number of aliphatic carboxylic acids is 1. The van der Waals surface area contributed by atoms with E-state index < -0.39 is 34.0 Å². The minimum Gasteiger partial charge on any atom is -0.480 e. The van der Waals surface area contributed by atoms with Crippen LogP contribution in [0.15, 0.2) is 41.0 Å². The number of carbonyl (C=O) groups excluding carboxylic acids is 1. The van der Waals surface area contributed by atoms with E-state index in [9.17, 15) is 23.1 Å². The Bertz CT molecular complexity index is 1390. The topological polar surface area (TPSA) is 168 Å². The van der Waals surface area contributed by atoms with Crippen LogP contribution >= 0.6 is 11.3 Å². The molecule has 14 heteroatoms. The van der Waals surface area contributed by atoms with E-state index in [1.807, 2.05) is 0 Å². The van der Waals surface area contributed by atoms with Gasteiger partial charge in [0, 0.05) is 44.8 Å². The lowest BCUT2D eigenvalue weighted by molar-refractivity contribution is -0.148. The van der Waals surface area contributed by atoms with Crippen LogP contribution in [0.4, 0.5) is 5.13 Å². The number of anilines is 1. The Morgan fingerprint density at radius 1 is 1.36 bits per heavy atom. The lowest BCUT2D eigenvalue weighted by atomic mass is 10.0. The number of amides is 1. The second kappa shape index (κ2) is 10.3. The number of thiazole rings is 1. The fourth-order valence-corrected chi connectivity index (χ4v) is 6.31. The van der Waals surface area contributed by atoms with Crippen LogP contribution in [-0.2, 0) is 26.0 Å². The standard InChI is InChI=1S/C22H26N6O6S2/c1-27(2)22-25-11-19(35-22)36(32,33)26-16-4-6-28(20(16)29)17(21(30)31)8-14-7-13-3-5-24-10-15(13)9-18(14)34-12-23/h3,5,7,9-11,16-17,26H,4,6,8,12,23H2,1-2H3,(H,30,31). The van der Waals surface area contributed by atoms with Gasteiger partial charge in [-0.25, -0.2) is 18.2 Å². The molecule has 1 amide bonds. The molecule has 0 radical (unpaired) electrons. The third-order valence-corrected chi connectivity index (χ3v) is 8.89. The average molecular weight is 535 g/mol. The van der Waals surface area contributed by atoms with Gasteiger partial charge in [0.2, 0.25) is 5.91 Å². The summed E-state index contributed by atoms with van der Waals surface area (Å²) in [6, 6.07) is 2.99. The molecule has 1 aliphatic heterocycles. The molecule has 0 saturated carbocycles. The number of hydrogen-bond acceptors (Lipinski definition) is 10. The first-order valence-corrected chi connectivity index (χ1v) is 13.3. The van der Waals surface area contributed by atoms with E-state index in [1.54, 1.807) is 49.6 Å². The third kappa shape index (κ3) is 5.26. The number of benzene rings is 1. The fourth-order valence-electron chi connectivity index (χ4n) is 4.03. The maximum atomic E-state index is 13.1. The van der Waals surface area contributed by atoms with Crippen LogP contribution in [0, 0.1) is 0 Å². The zero-order valence-corrected chi connectivity index (χ0v) is 21.3. The molecule has 2 unspecified atom stereocenters. The molecular formula is C22H26N6O6S2. The Morgan fingerprint density at radius 2 is 2.14 bits per heavy atom. The number of carboxylic acid groups (broad SMARTS) is 1. The Balaban J connectivity index is 1.55. The van der Waals surface area contributed by atoms with Gasteiger partial charge >= 0.3 is 5.97 Å². The van der Waals surface area contributed by atoms with Crippen LogP contribution < -0.4 is 20.1 Å². The summed E-state index contributed by atoms with van der Waals surface area (Å²) in [5, 5.41) is 12.1. The minimum absolute atomic E-state index is 0.0264. The molecular weight excluding hydrogens is 508 g/mol. The number of nitrogens with one attached hydrogen (secondary N) is 1. The van der Waals surface area contributed by atoms with E-state index in [-0.39, 0.29) is 30.3 Å². The molecule has 3 heterocycles. The number of nitrogens with zero attached hydrogens (tertiary/aromatic N) is 4. The third-order valence-electron chi connectivity index (χ3n) is 5.79. The zero-order chi connectivity index (χ0) is 26.0. The van der Waals surface area contributed by atoms with Crippen molar-refractivity contribution in [1.82, 2.24) is 19.6 Å². The molecule has 3 aromatic rings. The predicted molar refractivity (Wildman–Crippen MR) is 133 cm³/mol. The van der Waals surface area contributed by atoms with Crippen LogP contribution in [0.5, 0.6) is 5.75 Å². The molecule has 4 rings (SSSR count). The number of hydrogen-bond donors (Lipinski definition) is 3. The Labute approximate surface area is 211 Å². The van der Waals surface area contributed by atoms with Gasteiger partial charge in [0.25, 0.3) is 10.0 Å². The summed E-state index contributed by atoms with van der Waals surface area (Å²) in [6.45, 7) is -0.0324. The minimum atomic E-state index is -4.01. The number of ether oxygens (including phenoxy) is 1. The van der Waals surface area contributed by atoms with Gasteiger partial charge in [0.1, 0.15) is 24.6 Å². The second-order valence-electron chi connectivity index (χ2n) is 8.40. The fraction of sp³-hybridized carbons (Fsp3) is 0.364. The maximum Gasteiger partial charge on any atom is 0.326 e. The highest BCUT2D eigenvalue weighted by Crippen LogP contribution is 2.30. The van der Waals surface area contributed by atoms with Gasteiger partial charge < -0.3 is 19.6 Å². The van der Waals surface area contributed by atoms with Gasteiger partial charge in [-0.2, -0.15) is 4.72 Å². The molecule has 0 aliphatic carbocycles. The highest BCUT2D eigenvalue weighted by atomic mass is 32.2. The van der Waals surface area contributed by atoms with E-state index in [0.29, 0.717) is 16.4 Å². The van der Waals surface area contributed by atoms with E-state index in [0.717, 1.165) is 22.1 Å². The number of rotatable bonds is 10. The summed E-state index contributed by atoms with van der Waals surface area (Å²) in [4.78, 5) is 36.4. The molecule has 36 heavy (non-hydrogen) atoms. The molecule has 1 aromatic carbocycles. The summed E-state index contributed by atoms with van der Waals surface area (Å²) >= 11 is 0.970. The first-order chi connectivity index (χ1) is 17.1. The van der Waals surface area contributed by atoms with E-state index in [1.165, 1.54) is 11.1 Å². The van der Waals surface area contributed by atoms with E-state index in [4.69, 9.17) is 10.5 Å². The van der Waals surface area contributed by atoms with Crippen molar-refractivity contribution in [3.63, 3.8) is 0 Å². The molecule has 1 fully saturated rings. The number of likely N-dealkylation sites (tertiary alicyclic amines) is 1. The van der Waals surface area contributed by atoms with Crippen molar-refractivity contribution in [3.05, 3.63) is 42.4 Å². The number of sulfonamides is 1. The van der Waals surface area contributed by atoms with Crippen molar-refractivity contribution in [2.24, 2.45) is 5.73 Å². The van der Waals surface area contributed by atoms with Crippen LogP contribution in [0.3, 0.4) is 0 Å². The number of nitrogens with two attached hydrogens (primary N) is 1. The zero-order valence-electron chi connectivity index (χ0n) is 19.6. The quantitative estimate of drug-likeness (QED) is 0.314. The monoisotopic (exact) mass is 534 g/mol. The normalized spacial score (nSPS) is 16.9. The number of pyridine rings is 1. The molecule has 2 atom stereocenters. The highest BCUT2D eigenvalue weighted by molar-refractivity contribution is 7.91. The molecule has 0 bridgehead atoms. The van der Waals surface area contributed by atoms with Crippen LogP contribution in [-0.4, -0.2) is 79.7 Å². The Kier molecular flexibility index (Phi) is 7.40. The summed E-state index contributed by atoms with van der Waals surface area (Å²) in [5.74, 6) is -1.41. The van der Waals surface area contributed by atoms with Gasteiger partial charge in [0.15, 0.2) is 9.34 Å². The average Bonchev–Trinajstić information content (AvgIpc) is 3.46. The summed E-state index contributed by atoms with van der Waals surface area (Å²) in [6.07, 6.45) is 4.59. The Morgan fingerprint density at radius 3 is 2.81 bits per heavy atom. The van der Waals surface area contributed by atoms with Crippen LogP contribution in [0.1, 0.15) is 12.0 Å². The SMILES string of the molecule is CN(C)c1ncc(S(=O)(=O)NC2CCN(C(Cc3cc4ccncc4cc3OCN)C(=O)O)C2=O)s1. The number of carboxylic acids is 1.